The molecule has 0 unspecified atom stereocenters. The summed E-state index contributed by atoms with van der Waals surface area (Å²) >= 11 is 0. The number of amides is 2. The molecule has 1 saturated heterocycles. The number of rotatable bonds is 6. The normalized spacial score (nSPS) is 17.6. The highest BCUT2D eigenvalue weighted by Gasteiger charge is 2.32. The number of nitrogens with zero attached hydrogens (tertiary/aromatic N) is 2. The lowest BCUT2D eigenvalue weighted by Gasteiger charge is -2.38. The molecule has 2 heterocycles. The molecule has 2 fully saturated rings. The summed E-state index contributed by atoms with van der Waals surface area (Å²) in [6, 6.07) is 9.27. The van der Waals surface area contributed by atoms with Crippen molar-refractivity contribution in [2.24, 2.45) is 5.92 Å². The van der Waals surface area contributed by atoms with Crippen LogP contribution in [0, 0.1) is 5.92 Å². The summed E-state index contributed by atoms with van der Waals surface area (Å²) in [7, 11) is -3.70. The van der Waals surface area contributed by atoms with Crippen molar-refractivity contribution in [2.45, 2.75) is 30.7 Å². The molecule has 0 radical (unpaired) electrons. The van der Waals surface area contributed by atoms with E-state index in [0.717, 1.165) is 19.3 Å². The lowest BCUT2D eigenvalue weighted by atomic mass is 9.84. The van der Waals surface area contributed by atoms with Crippen molar-refractivity contribution in [3.8, 4) is 0 Å². The lowest BCUT2D eigenvalue weighted by molar-refractivity contribution is -0.139. The first-order valence-electron chi connectivity index (χ1n) is 10.1. The fraction of sp³-hybridized carbons (Fsp3) is 0.429. The van der Waals surface area contributed by atoms with Crippen LogP contribution >= 0.6 is 0 Å². The first-order valence-corrected chi connectivity index (χ1v) is 11.6. The van der Waals surface area contributed by atoms with E-state index in [0.29, 0.717) is 37.5 Å². The van der Waals surface area contributed by atoms with E-state index in [-0.39, 0.29) is 29.2 Å². The zero-order valence-electron chi connectivity index (χ0n) is 16.6. The number of carbonyl (C=O) groups is 2. The van der Waals surface area contributed by atoms with Crippen LogP contribution in [-0.2, 0) is 21.4 Å². The van der Waals surface area contributed by atoms with E-state index in [1.54, 1.807) is 17.0 Å². The van der Waals surface area contributed by atoms with Crippen molar-refractivity contribution in [3.05, 3.63) is 54.0 Å². The van der Waals surface area contributed by atoms with Crippen LogP contribution in [-0.4, -0.2) is 56.2 Å². The maximum atomic E-state index is 12.8. The Morgan fingerprint density at radius 3 is 2.23 bits per heavy atom. The number of hydrogen-bond donors (Lipinski definition) is 1. The average Bonchev–Trinajstić information content (AvgIpc) is 3.24. The van der Waals surface area contributed by atoms with Crippen LogP contribution in [0.2, 0.25) is 0 Å². The zero-order valence-corrected chi connectivity index (χ0v) is 17.4. The van der Waals surface area contributed by atoms with Gasteiger partial charge in [-0.25, -0.2) is 13.1 Å². The molecule has 1 aliphatic carbocycles. The predicted molar refractivity (Wildman–Crippen MR) is 109 cm³/mol. The van der Waals surface area contributed by atoms with E-state index in [1.807, 2.05) is 4.90 Å². The molecule has 160 valence electrons. The SMILES string of the molecule is O=C(c1ccc(S(=O)(=O)NCc2ccco2)cc1)N1CCN(C(=O)C2CCC2)CC1. The summed E-state index contributed by atoms with van der Waals surface area (Å²) in [6.07, 6.45) is 4.55. The maximum absolute atomic E-state index is 12.8. The number of benzene rings is 1. The Labute approximate surface area is 175 Å². The van der Waals surface area contributed by atoms with E-state index < -0.39 is 10.0 Å². The second kappa shape index (κ2) is 8.61. The van der Waals surface area contributed by atoms with Gasteiger partial charge in [0.1, 0.15) is 5.76 Å². The van der Waals surface area contributed by atoms with E-state index in [2.05, 4.69) is 4.72 Å². The van der Waals surface area contributed by atoms with Gasteiger partial charge >= 0.3 is 0 Å². The van der Waals surface area contributed by atoms with Crippen LogP contribution in [0.4, 0.5) is 0 Å². The van der Waals surface area contributed by atoms with E-state index in [9.17, 15) is 18.0 Å². The van der Waals surface area contributed by atoms with Crippen LogP contribution in [0.3, 0.4) is 0 Å². The summed E-state index contributed by atoms with van der Waals surface area (Å²) in [5.41, 5.74) is 0.429. The van der Waals surface area contributed by atoms with Gasteiger partial charge in [-0.15, -0.1) is 0 Å². The third-order valence-corrected chi connectivity index (χ3v) is 7.18. The van der Waals surface area contributed by atoms with Crippen LogP contribution in [0.5, 0.6) is 0 Å². The fourth-order valence-electron chi connectivity index (χ4n) is 3.67. The Morgan fingerprint density at radius 2 is 1.67 bits per heavy atom. The van der Waals surface area contributed by atoms with E-state index in [1.165, 1.54) is 30.5 Å². The van der Waals surface area contributed by atoms with Crippen molar-refractivity contribution in [1.82, 2.24) is 14.5 Å². The quantitative estimate of drug-likeness (QED) is 0.752. The van der Waals surface area contributed by atoms with Crippen molar-refractivity contribution >= 4 is 21.8 Å². The van der Waals surface area contributed by atoms with Crippen molar-refractivity contribution in [1.29, 1.82) is 0 Å². The van der Waals surface area contributed by atoms with Crippen molar-refractivity contribution in [3.63, 3.8) is 0 Å². The van der Waals surface area contributed by atoms with Gasteiger partial charge in [-0.1, -0.05) is 6.42 Å². The number of furan rings is 1. The first kappa shape index (κ1) is 20.6. The molecule has 0 bridgehead atoms. The van der Waals surface area contributed by atoms with E-state index in [4.69, 9.17) is 4.42 Å². The molecule has 1 aromatic carbocycles. The number of hydrogen-bond acceptors (Lipinski definition) is 5. The molecule has 0 atom stereocenters. The van der Waals surface area contributed by atoms with Crippen molar-refractivity contribution < 1.29 is 22.4 Å². The smallest absolute Gasteiger partial charge is 0.253 e. The summed E-state index contributed by atoms with van der Waals surface area (Å²) in [6.45, 7) is 2.12. The highest BCUT2D eigenvalue weighted by molar-refractivity contribution is 7.89. The second-order valence-corrected chi connectivity index (χ2v) is 9.44. The minimum Gasteiger partial charge on any atom is -0.468 e. The summed E-state index contributed by atoms with van der Waals surface area (Å²) < 4.78 is 32.4. The average molecular weight is 432 g/mol. The summed E-state index contributed by atoms with van der Waals surface area (Å²) in [4.78, 5) is 28.8. The topological polar surface area (TPSA) is 99.9 Å². The molecule has 1 aromatic heterocycles. The molecule has 8 nitrogen and oxygen atoms in total. The molecule has 2 amide bonds. The Kier molecular flexibility index (Phi) is 5.92. The van der Waals surface area contributed by atoms with Crippen LogP contribution in [0.1, 0.15) is 35.4 Å². The maximum Gasteiger partial charge on any atom is 0.253 e. The van der Waals surface area contributed by atoms with Crippen LogP contribution in [0.15, 0.2) is 52.0 Å². The van der Waals surface area contributed by atoms with Gasteiger partial charge in [0.15, 0.2) is 0 Å². The standard InChI is InChI=1S/C21H25N3O5S/c25-20(16-3-1-4-16)23-10-12-24(13-11-23)21(26)17-6-8-19(9-7-17)30(27,28)22-15-18-5-2-14-29-18/h2,5-9,14,16,22H,1,3-4,10-13,15H2. The number of sulfonamides is 1. The van der Waals surface area contributed by atoms with Gasteiger partial charge in [-0.3, -0.25) is 9.59 Å². The highest BCUT2D eigenvalue weighted by atomic mass is 32.2. The Balaban J connectivity index is 1.33. The molecule has 1 N–H and O–H groups in total. The van der Waals surface area contributed by atoms with Gasteiger partial charge in [0, 0.05) is 37.7 Å². The van der Waals surface area contributed by atoms with Crippen LogP contribution in [0.25, 0.3) is 0 Å². The lowest BCUT2D eigenvalue weighted by Crippen LogP contribution is -2.52. The largest absolute Gasteiger partial charge is 0.468 e. The number of carbonyl (C=O) groups excluding carboxylic acids is 2. The first-order chi connectivity index (χ1) is 14.4. The van der Waals surface area contributed by atoms with Gasteiger partial charge in [0.25, 0.3) is 5.91 Å². The van der Waals surface area contributed by atoms with Gasteiger partial charge in [-0.05, 0) is 49.2 Å². The molecule has 1 aliphatic heterocycles. The summed E-state index contributed by atoms with van der Waals surface area (Å²) in [5.74, 6) is 0.742. The molecular formula is C21H25N3O5S. The Bertz CT molecular complexity index is 990. The van der Waals surface area contributed by atoms with E-state index >= 15 is 0 Å². The molecule has 9 heteroatoms. The molecule has 4 rings (SSSR count). The van der Waals surface area contributed by atoms with Crippen LogP contribution < -0.4 is 4.72 Å². The molecule has 2 aromatic rings. The monoisotopic (exact) mass is 431 g/mol. The Morgan fingerprint density at radius 1 is 1.00 bits per heavy atom. The minimum atomic E-state index is -3.70. The molecular weight excluding hydrogens is 406 g/mol. The zero-order chi connectivity index (χ0) is 21.1. The Hall–Kier alpha value is -2.65. The second-order valence-electron chi connectivity index (χ2n) is 7.67. The fourth-order valence-corrected chi connectivity index (χ4v) is 4.66. The molecule has 0 spiro atoms. The number of piperazine rings is 1. The van der Waals surface area contributed by atoms with Gasteiger partial charge in [0.05, 0.1) is 17.7 Å². The van der Waals surface area contributed by atoms with Crippen molar-refractivity contribution in [2.75, 3.05) is 26.2 Å². The molecule has 1 saturated carbocycles. The van der Waals surface area contributed by atoms with Gasteiger partial charge < -0.3 is 14.2 Å². The third kappa shape index (κ3) is 4.41. The highest BCUT2D eigenvalue weighted by Crippen LogP contribution is 2.28. The minimum absolute atomic E-state index is 0.0554. The van der Waals surface area contributed by atoms with Gasteiger partial charge in [0.2, 0.25) is 15.9 Å². The number of nitrogens with one attached hydrogen (secondary N) is 1. The van der Waals surface area contributed by atoms with Gasteiger partial charge in [-0.2, -0.15) is 0 Å². The predicted octanol–water partition coefficient (Wildman–Crippen LogP) is 1.84. The third-order valence-electron chi connectivity index (χ3n) is 5.76. The summed E-state index contributed by atoms with van der Waals surface area (Å²) in [5, 5.41) is 0. The molecule has 2 aliphatic rings. The molecule has 30 heavy (non-hydrogen) atoms.